The van der Waals surface area contributed by atoms with E-state index in [0.29, 0.717) is 6.61 Å². The van der Waals surface area contributed by atoms with Gasteiger partial charge in [0.1, 0.15) is 0 Å². The fourth-order valence-electron chi connectivity index (χ4n) is 1.31. The van der Waals surface area contributed by atoms with Crippen LogP contribution in [0.4, 0.5) is 4.79 Å². The van der Waals surface area contributed by atoms with Crippen LogP contribution < -0.4 is 0 Å². The Morgan fingerprint density at radius 3 is 2.19 bits per heavy atom. The Morgan fingerprint density at radius 2 is 1.69 bits per heavy atom. The van der Waals surface area contributed by atoms with Gasteiger partial charge in [-0.1, -0.05) is 40.0 Å². The lowest BCUT2D eigenvalue weighted by Gasteiger charge is -2.23. The van der Waals surface area contributed by atoms with Crippen LogP contribution in [0.2, 0.25) is 18.6 Å². The third kappa shape index (κ3) is 6.88. The van der Waals surface area contributed by atoms with Gasteiger partial charge in [0, 0.05) is 0 Å². The van der Waals surface area contributed by atoms with Gasteiger partial charge in [-0.05, 0) is 25.1 Å². The van der Waals surface area contributed by atoms with E-state index in [4.69, 9.17) is 9.16 Å². The number of carbonyl (C=O) groups is 1. The van der Waals surface area contributed by atoms with E-state index in [1.165, 1.54) is 12.8 Å². The second-order valence-electron chi connectivity index (χ2n) is 4.42. The van der Waals surface area contributed by atoms with E-state index in [9.17, 15) is 4.79 Å². The maximum atomic E-state index is 11.4. The summed E-state index contributed by atoms with van der Waals surface area (Å²) in [4.78, 5) is 11.4. The van der Waals surface area contributed by atoms with Gasteiger partial charge < -0.3 is 9.16 Å². The molecule has 0 radical (unpaired) electrons. The van der Waals surface area contributed by atoms with Crippen LogP contribution in [-0.2, 0) is 9.16 Å². The number of ether oxygens (including phenoxy) is 1. The van der Waals surface area contributed by atoms with Crippen LogP contribution >= 0.6 is 0 Å². The molecular formula is C12H26O3Si. The van der Waals surface area contributed by atoms with Crippen molar-refractivity contribution in [2.75, 3.05) is 6.61 Å². The first-order chi connectivity index (χ1) is 7.58. The van der Waals surface area contributed by atoms with Gasteiger partial charge in [-0.15, -0.1) is 0 Å². The minimum atomic E-state index is -1.81. The quantitative estimate of drug-likeness (QED) is 0.363. The zero-order chi connectivity index (χ0) is 12.4. The summed E-state index contributed by atoms with van der Waals surface area (Å²) in [6, 6.07) is 1.91. The van der Waals surface area contributed by atoms with Gasteiger partial charge >= 0.3 is 6.16 Å². The van der Waals surface area contributed by atoms with Crippen LogP contribution in [0.5, 0.6) is 0 Å². The molecule has 0 aromatic rings. The Bertz CT molecular complexity index is 191. The molecule has 0 aromatic heterocycles. The van der Waals surface area contributed by atoms with Crippen LogP contribution in [0.3, 0.4) is 0 Å². The largest absolute Gasteiger partial charge is 0.494 e. The average molecular weight is 246 g/mol. The molecule has 4 heteroatoms. The predicted molar refractivity (Wildman–Crippen MR) is 69.2 cm³/mol. The molecule has 0 N–H and O–H groups in total. The van der Waals surface area contributed by atoms with Crippen molar-refractivity contribution in [2.45, 2.75) is 65.1 Å². The number of carbonyl (C=O) groups excluding carboxylic acids is 1. The second kappa shape index (κ2) is 8.62. The summed E-state index contributed by atoms with van der Waals surface area (Å²) in [6.45, 7) is 8.88. The van der Waals surface area contributed by atoms with E-state index < -0.39 is 14.5 Å². The van der Waals surface area contributed by atoms with Gasteiger partial charge in [-0.3, -0.25) is 0 Å². The van der Waals surface area contributed by atoms with Crippen LogP contribution in [0.15, 0.2) is 0 Å². The van der Waals surface area contributed by atoms with Gasteiger partial charge in [0.15, 0.2) is 0 Å². The Labute approximate surface area is 101 Å². The molecule has 0 bridgehead atoms. The van der Waals surface area contributed by atoms with Crippen molar-refractivity contribution >= 4 is 14.5 Å². The molecule has 0 heterocycles. The van der Waals surface area contributed by atoms with E-state index in [-0.39, 0.29) is 0 Å². The van der Waals surface area contributed by atoms with Gasteiger partial charge in [0.05, 0.1) is 6.61 Å². The second-order valence-corrected chi connectivity index (χ2v) is 8.94. The zero-order valence-electron chi connectivity index (χ0n) is 11.2. The molecular weight excluding hydrogens is 220 g/mol. The van der Waals surface area contributed by atoms with E-state index >= 15 is 0 Å². The molecule has 0 aliphatic rings. The fraction of sp³-hybridized carbons (Fsp3) is 0.917. The van der Waals surface area contributed by atoms with Crippen molar-refractivity contribution < 1.29 is 14.0 Å². The Balaban J connectivity index is 3.65. The Kier molecular flexibility index (Phi) is 8.34. The molecule has 0 unspecified atom stereocenters. The molecule has 96 valence electrons. The summed E-state index contributed by atoms with van der Waals surface area (Å²) in [5.74, 6) is 0. The normalized spacial score (nSPS) is 11.2. The van der Waals surface area contributed by atoms with Crippen molar-refractivity contribution in [1.29, 1.82) is 0 Å². The van der Waals surface area contributed by atoms with E-state index in [2.05, 4.69) is 27.3 Å². The summed E-state index contributed by atoms with van der Waals surface area (Å²) < 4.78 is 10.5. The monoisotopic (exact) mass is 246 g/mol. The minimum absolute atomic E-state index is 0.464. The van der Waals surface area contributed by atoms with Gasteiger partial charge in [-0.25, -0.2) is 4.79 Å². The number of unbranched alkanes of at least 4 members (excludes halogenated alkanes) is 3. The third-order valence-corrected chi connectivity index (χ3v) is 6.69. The third-order valence-electron chi connectivity index (χ3n) is 3.04. The zero-order valence-corrected chi connectivity index (χ0v) is 12.2. The standard InChI is InChI=1S/C12H26O3Si/c1-5-8-9-10-11-14-12(13)15-16(4,6-2)7-3/h5-11H2,1-4H3. The summed E-state index contributed by atoms with van der Waals surface area (Å²) in [5, 5.41) is 0. The maximum absolute atomic E-state index is 11.4. The molecule has 0 aromatic carbocycles. The smallest absolute Gasteiger partial charge is 0.489 e. The van der Waals surface area contributed by atoms with Gasteiger partial charge in [0.2, 0.25) is 0 Å². The van der Waals surface area contributed by atoms with Crippen molar-refractivity contribution in [3.05, 3.63) is 0 Å². The first kappa shape index (κ1) is 15.5. The highest BCUT2D eigenvalue weighted by Gasteiger charge is 2.29. The van der Waals surface area contributed by atoms with E-state index in [1.54, 1.807) is 0 Å². The lowest BCUT2D eigenvalue weighted by molar-refractivity contribution is 0.0943. The minimum Gasteiger partial charge on any atom is -0.489 e. The first-order valence-corrected chi connectivity index (χ1v) is 9.26. The fourth-order valence-corrected chi connectivity index (χ4v) is 2.56. The molecule has 16 heavy (non-hydrogen) atoms. The van der Waals surface area contributed by atoms with Gasteiger partial charge in [-0.2, -0.15) is 0 Å². The highest BCUT2D eigenvalue weighted by Crippen LogP contribution is 2.16. The maximum Gasteiger partial charge on any atom is 0.494 e. The first-order valence-electron chi connectivity index (χ1n) is 6.43. The molecule has 0 amide bonds. The summed E-state index contributed by atoms with van der Waals surface area (Å²) in [6.07, 6.45) is 4.00. The topological polar surface area (TPSA) is 35.5 Å². The van der Waals surface area contributed by atoms with Crippen molar-refractivity contribution in [3.63, 3.8) is 0 Å². The molecule has 0 aliphatic carbocycles. The Hall–Kier alpha value is -0.513. The average Bonchev–Trinajstić information content (AvgIpc) is 2.28. The van der Waals surface area contributed by atoms with Crippen molar-refractivity contribution in [3.8, 4) is 0 Å². The van der Waals surface area contributed by atoms with E-state index in [1.807, 2.05) is 0 Å². The molecule has 0 rings (SSSR count). The number of rotatable bonds is 8. The molecule has 0 atom stereocenters. The lowest BCUT2D eigenvalue weighted by atomic mass is 10.2. The lowest BCUT2D eigenvalue weighted by Crippen LogP contribution is -2.35. The van der Waals surface area contributed by atoms with E-state index in [0.717, 1.165) is 24.9 Å². The highest BCUT2D eigenvalue weighted by atomic mass is 28.4. The molecule has 3 nitrogen and oxygen atoms in total. The van der Waals surface area contributed by atoms with Crippen molar-refractivity contribution in [2.24, 2.45) is 0 Å². The molecule has 0 spiro atoms. The number of hydrogen-bond donors (Lipinski definition) is 0. The molecule has 0 fully saturated rings. The summed E-state index contributed by atoms with van der Waals surface area (Å²) in [7, 11) is -1.81. The van der Waals surface area contributed by atoms with Crippen LogP contribution in [0.1, 0.15) is 46.5 Å². The molecule has 0 saturated heterocycles. The highest BCUT2D eigenvalue weighted by molar-refractivity contribution is 6.73. The molecule has 0 aliphatic heterocycles. The predicted octanol–water partition coefficient (Wildman–Crippen LogP) is 4.34. The van der Waals surface area contributed by atoms with Crippen LogP contribution in [-0.4, -0.2) is 21.1 Å². The van der Waals surface area contributed by atoms with Gasteiger partial charge in [0.25, 0.3) is 8.32 Å². The SMILES string of the molecule is CCCCCCOC(=O)O[Si](C)(CC)CC. The Morgan fingerprint density at radius 1 is 1.06 bits per heavy atom. The van der Waals surface area contributed by atoms with Crippen LogP contribution in [0, 0.1) is 0 Å². The van der Waals surface area contributed by atoms with Crippen LogP contribution in [0.25, 0.3) is 0 Å². The number of hydrogen-bond acceptors (Lipinski definition) is 3. The van der Waals surface area contributed by atoms with Crippen molar-refractivity contribution in [1.82, 2.24) is 0 Å². The molecule has 0 saturated carbocycles. The summed E-state index contributed by atoms with van der Waals surface area (Å²) in [5.41, 5.74) is 0. The summed E-state index contributed by atoms with van der Waals surface area (Å²) >= 11 is 0.